The molecule has 4 nitrogen and oxygen atoms in total. The molecule has 0 atom stereocenters. The molecule has 0 aliphatic carbocycles. The summed E-state index contributed by atoms with van der Waals surface area (Å²) in [4.78, 5) is 11.5. The smallest absolute Gasteiger partial charge is 0.178 e. The number of H-pyrrole nitrogens is 1. The van der Waals surface area contributed by atoms with Crippen LogP contribution in [-0.4, -0.2) is 15.0 Å². The molecular formula is C12H8BrFN4. The molecule has 0 unspecified atom stereocenters. The second-order valence-corrected chi connectivity index (χ2v) is 4.76. The maximum atomic E-state index is 13.4. The Morgan fingerprint density at radius 3 is 2.89 bits per heavy atom. The Labute approximate surface area is 110 Å². The molecule has 0 aliphatic heterocycles. The third kappa shape index (κ3) is 1.84. The van der Waals surface area contributed by atoms with Gasteiger partial charge in [0.2, 0.25) is 0 Å². The SMILES string of the molecule is Nc1ccc(-c2nc3ncc(Br)cc3[nH]2)cc1F. The monoisotopic (exact) mass is 306 g/mol. The molecule has 18 heavy (non-hydrogen) atoms. The van der Waals surface area contributed by atoms with Crippen molar-refractivity contribution in [3.05, 3.63) is 40.8 Å². The van der Waals surface area contributed by atoms with E-state index in [1.807, 2.05) is 6.07 Å². The first kappa shape index (κ1) is 11.2. The highest BCUT2D eigenvalue weighted by atomic mass is 79.9. The first-order chi connectivity index (χ1) is 8.63. The second kappa shape index (κ2) is 4.06. The van der Waals surface area contributed by atoms with E-state index < -0.39 is 5.82 Å². The fourth-order valence-electron chi connectivity index (χ4n) is 1.69. The molecular weight excluding hydrogens is 299 g/mol. The number of aromatic amines is 1. The minimum Gasteiger partial charge on any atom is -0.396 e. The molecule has 90 valence electrons. The van der Waals surface area contributed by atoms with E-state index in [4.69, 9.17) is 5.73 Å². The summed E-state index contributed by atoms with van der Waals surface area (Å²) in [6, 6.07) is 6.45. The van der Waals surface area contributed by atoms with Crippen LogP contribution >= 0.6 is 15.9 Å². The zero-order chi connectivity index (χ0) is 12.7. The first-order valence-corrected chi connectivity index (χ1v) is 5.99. The molecule has 0 saturated carbocycles. The van der Waals surface area contributed by atoms with Gasteiger partial charge >= 0.3 is 0 Å². The van der Waals surface area contributed by atoms with E-state index in [0.717, 1.165) is 9.99 Å². The van der Waals surface area contributed by atoms with Crippen molar-refractivity contribution in [3.8, 4) is 11.4 Å². The number of benzene rings is 1. The van der Waals surface area contributed by atoms with Crippen molar-refractivity contribution < 1.29 is 4.39 Å². The van der Waals surface area contributed by atoms with Crippen LogP contribution in [0.25, 0.3) is 22.6 Å². The number of anilines is 1. The molecule has 0 amide bonds. The van der Waals surface area contributed by atoms with E-state index in [1.54, 1.807) is 12.3 Å². The second-order valence-electron chi connectivity index (χ2n) is 3.85. The van der Waals surface area contributed by atoms with Gasteiger partial charge in [-0.05, 0) is 40.2 Å². The van der Waals surface area contributed by atoms with Crippen molar-refractivity contribution in [1.29, 1.82) is 0 Å². The van der Waals surface area contributed by atoms with Crippen LogP contribution in [0.4, 0.5) is 10.1 Å². The summed E-state index contributed by atoms with van der Waals surface area (Å²) in [5.74, 6) is 0.108. The van der Waals surface area contributed by atoms with Crippen molar-refractivity contribution in [2.24, 2.45) is 0 Å². The number of nitrogens with two attached hydrogens (primary N) is 1. The van der Waals surface area contributed by atoms with Crippen molar-refractivity contribution >= 4 is 32.8 Å². The van der Waals surface area contributed by atoms with E-state index in [9.17, 15) is 4.39 Å². The van der Waals surface area contributed by atoms with Gasteiger partial charge in [-0.2, -0.15) is 0 Å². The number of pyridine rings is 1. The summed E-state index contributed by atoms with van der Waals surface area (Å²) >= 11 is 3.33. The topological polar surface area (TPSA) is 67.6 Å². The normalized spacial score (nSPS) is 11.0. The molecule has 2 aromatic heterocycles. The number of nitrogens with zero attached hydrogens (tertiary/aromatic N) is 2. The van der Waals surface area contributed by atoms with Crippen LogP contribution in [0.15, 0.2) is 34.9 Å². The number of nitrogen functional groups attached to an aromatic ring is 1. The lowest BCUT2D eigenvalue weighted by molar-refractivity contribution is 0.633. The fourth-order valence-corrected chi connectivity index (χ4v) is 2.02. The molecule has 0 radical (unpaired) electrons. The third-order valence-corrected chi connectivity index (χ3v) is 3.01. The van der Waals surface area contributed by atoms with Crippen molar-refractivity contribution in [2.75, 3.05) is 5.73 Å². The molecule has 3 N–H and O–H groups in total. The summed E-state index contributed by atoms with van der Waals surface area (Å²) in [6.45, 7) is 0. The number of rotatable bonds is 1. The van der Waals surface area contributed by atoms with Gasteiger partial charge in [-0.1, -0.05) is 0 Å². The number of hydrogen-bond acceptors (Lipinski definition) is 3. The Kier molecular flexibility index (Phi) is 2.52. The highest BCUT2D eigenvalue weighted by Crippen LogP contribution is 2.23. The summed E-state index contributed by atoms with van der Waals surface area (Å²) in [6.07, 6.45) is 1.66. The summed E-state index contributed by atoms with van der Waals surface area (Å²) < 4.78 is 14.2. The molecule has 0 aliphatic rings. The lowest BCUT2D eigenvalue weighted by Crippen LogP contribution is -1.91. The average Bonchev–Trinajstić information content (AvgIpc) is 2.75. The number of halogens is 2. The first-order valence-electron chi connectivity index (χ1n) is 5.20. The van der Waals surface area contributed by atoms with Gasteiger partial charge in [0.1, 0.15) is 11.6 Å². The number of hydrogen-bond donors (Lipinski definition) is 2. The summed E-state index contributed by atoms with van der Waals surface area (Å²) in [5, 5.41) is 0. The molecule has 3 rings (SSSR count). The van der Waals surface area contributed by atoms with E-state index in [0.29, 0.717) is 17.0 Å². The van der Waals surface area contributed by atoms with Crippen LogP contribution in [0.5, 0.6) is 0 Å². The average molecular weight is 307 g/mol. The molecule has 1 aromatic carbocycles. The summed E-state index contributed by atoms with van der Waals surface area (Å²) in [7, 11) is 0. The van der Waals surface area contributed by atoms with E-state index in [-0.39, 0.29) is 5.69 Å². The van der Waals surface area contributed by atoms with E-state index in [1.165, 1.54) is 12.1 Å². The van der Waals surface area contributed by atoms with Gasteiger partial charge in [-0.3, -0.25) is 0 Å². The molecule has 6 heteroatoms. The van der Waals surface area contributed by atoms with Crippen molar-refractivity contribution in [3.63, 3.8) is 0 Å². The summed E-state index contributed by atoms with van der Waals surface area (Å²) in [5.41, 5.74) is 7.57. The lowest BCUT2D eigenvalue weighted by atomic mass is 10.2. The molecule has 0 fully saturated rings. The van der Waals surface area contributed by atoms with Gasteiger partial charge in [0.25, 0.3) is 0 Å². The Morgan fingerprint density at radius 2 is 2.11 bits per heavy atom. The largest absolute Gasteiger partial charge is 0.396 e. The predicted molar refractivity (Wildman–Crippen MR) is 71.4 cm³/mol. The maximum absolute atomic E-state index is 13.4. The van der Waals surface area contributed by atoms with Gasteiger partial charge in [0, 0.05) is 16.2 Å². The minimum atomic E-state index is -0.456. The van der Waals surface area contributed by atoms with Gasteiger partial charge in [-0.25, -0.2) is 14.4 Å². The van der Waals surface area contributed by atoms with Crippen LogP contribution in [0.1, 0.15) is 0 Å². The molecule has 3 aromatic rings. The zero-order valence-corrected chi connectivity index (χ0v) is 10.7. The molecule has 0 bridgehead atoms. The Hall–Kier alpha value is -1.95. The van der Waals surface area contributed by atoms with Crippen LogP contribution in [0.2, 0.25) is 0 Å². The Balaban J connectivity index is 2.16. The Bertz CT molecular complexity index is 738. The number of aromatic nitrogens is 3. The van der Waals surface area contributed by atoms with Gasteiger partial charge < -0.3 is 10.7 Å². The lowest BCUT2D eigenvalue weighted by Gasteiger charge is -1.99. The minimum absolute atomic E-state index is 0.121. The van der Waals surface area contributed by atoms with Crippen LogP contribution < -0.4 is 5.73 Å². The zero-order valence-electron chi connectivity index (χ0n) is 9.11. The van der Waals surface area contributed by atoms with E-state index >= 15 is 0 Å². The Morgan fingerprint density at radius 1 is 1.28 bits per heavy atom. The number of fused-ring (bicyclic) bond motifs is 1. The number of nitrogens with one attached hydrogen (secondary N) is 1. The highest BCUT2D eigenvalue weighted by molar-refractivity contribution is 9.10. The van der Waals surface area contributed by atoms with Crippen LogP contribution in [-0.2, 0) is 0 Å². The van der Waals surface area contributed by atoms with Gasteiger partial charge in [0.05, 0.1) is 11.2 Å². The van der Waals surface area contributed by atoms with Gasteiger partial charge in [-0.15, -0.1) is 0 Å². The van der Waals surface area contributed by atoms with Crippen molar-refractivity contribution in [1.82, 2.24) is 15.0 Å². The third-order valence-electron chi connectivity index (χ3n) is 2.58. The molecule has 0 spiro atoms. The standard InChI is InChI=1S/C12H8BrFN4/c13-7-4-10-12(16-5-7)18-11(17-10)6-1-2-9(15)8(14)3-6/h1-5H,15H2,(H,16,17,18). The molecule has 0 saturated heterocycles. The molecule has 2 heterocycles. The van der Waals surface area contributed by atoms with E-state index in [2.05, 4.69) is 30.9 Å². The predicted octanol–water partition coefficient (Wildman–Crippen LogP) is 3.11. The highest BCUT2D eigenvalue weighted by Gasteiger charge is 2.08. The van der Waals surface area contributed by atoms with Crippen LogP contribution in [0.3, 0.4) is 0 Å². The van der Waals surface area contributed by atoms with Gasteiger partial charge in [0.15, 0.2) is 5.65 Å². The van der Waals surface area contributed by atoms with Crippen molar-refractivity contribution in [2.45, 2.75) is 0 Å². The fraction of sp³-hybridized carbons (Fsp3) is 0. The quantitative estimate of drug-likeness (QED) is 0.679. The number of imidazole rings is 1. The maximum Gasteiger partial charge on any atom is 0.178 e. The van der Waals surface area contributed by atoms with Crippen LogP contribution in [0, 0.1) is 5.82 Å².